The minimum Gasteiger partial charge on any atom is -0.457 e. The molecule has 0 N–H and O–H groups in total. The van der Waals surface area contributed by atoms with E-state index in [2.05, 4.69) is 12.1 Å². The minimum atomic E-state index is -1.05. The van der Waals surface area contributed by atoms with E-state index in [1.54, 1.807) is 20.8 Å². The highest BCUT2D eigenvalue weighted by Gasteiger charge is 2.32. The van der Waals surface area contributed by atoms with Crippen molar-refractivity contribution in [3.05, 3.63) is 59.2 Å². The van der Waals surface area contributed by atoms with Crippen LogP contribution in [0.25, 0.3) is 11.1 Å². The van der Waals surface area contributed by atoms with Crippen LogP contribution in [0.4, 0.5) is 0 Å². The molecule has 0 aliphatic heterocycles. The highest BCUT2D eigenvalue weighted by molar-refractivity contribution is 5.83. The van der Waals surface area contributed by atoms with Gasteiger partial charge in [-0.25, -0.2) is 4.79 Å². The Morgan fingerprint density at radius 3 is 2.50 bits per heavy atom. The van der Waals surface area contributed by atoms with E-state index in [1.165, 1.54) is 5.56 Å². The fourth-order valence-corrected chi connectivity index (χ4v) is 3.09. The molecule has 0 spiro atoms. The van der Waals surface area contributed by atoms with E-state index in [-0.39, 0.29) is 0 Å². The van der Waals surface area contributed by atoms with Crippen LogP contribution >= 0.6 is 0 Å². The van der Waals surface area contributed by atoms with Gasteiger partial charge >= 0.3 is 5.97 Å². The zero-order chi connectivity index (χ0) is 17.3. The van der Waals surface area contributed by atoms with Gasteiger partial charge in [-0.2, -0.15) is 0 Å². The first-order valence-electron chi connectivity index (χ1n) is 7.93. The Morgan fingerprint density at radius 1 is 1.08 bits per heavy atom. The molecule has 0 amide bonds. The molecule has 4 heteroatoms. The Morgan fingerprint density at radius 2 is 1.79 bits per heavy atom. The summed E-state index contributed by atoms with van der Waals surface area (Å²) in [6, 6.07) is 13.9. The van der Waals surface area contributed by atoms with E-state index in [0.717, 1.165) is 16.7 Å². The maximum absolute atomic E-state index is 12.5. The third-order valence-electron chi connectivity index (χ3n) is 3.98. The summed E-state index contributed by atoms with van der Waals surface area (Å²) in [7, 11) is 0. The lowest BCUT2D eigenvalue weighted by molar-refractivity contribution is -0.171. The van der Waals surface area contributed by atoms with E-state index in [4.69, 9.17) is 9.47 Å². The van der Waals surface area contributed by atoms with Gasteiger partial charge in [0.1, 0.15) is 5.60 Å². The molecule has 0 heterocycles. The molecule has 2 aromatic rings. The summed E-state index contributed by atoms with van der Waals surface area (Å²) < 4.78 is 10.5. The Hall–Kier alpha value is -2.62. The lowest BCUT2D eigenvalue weighted by Crippen LogP contribution is -2.29. The SMILES string of the molecule is CC(C)(C)OC(=O)C(OC=O)c1cccc2c1Cc1ccccc1-2. The summed E-state index contributed by atoms with van der Waals surface area (Å²) in [4.78, 5) is 23.5. The van der Waals surface area contributed by atoms with Gasteiger partial charge in [0.05, 0.1) is 0 Å². The van der Waals surface area contributed by atoms with Crippen LogP contribution < -0.4 is 0 Å². The van der Waals surface area contributed by atoms with Gasteiger partial charge in [-0.05, 0) is 49.4 Å². The number of fused-ring (bicyclic) bond motifs is 3. The van der Waals surface area contributed by atoms with Gasteiger partial charge in [0, 0.05) is 5.56 Å². The Balaban J connectivity index is 2.02. The van der Waals surface area contributed by atoms with Crippen LogP contribution in [0.5, 0.6) is 0 Å². The van der Waals surface area contributed by atoms with Crippen molar-refractivity contribution in [3.63, 3.8) is 0 Å². The Kier molecular flexibility index (Phi) is 4.14. The van der Waals surface area contributed by atoms with Crippen LogP contribution in [0.1, 0.15) is 43.6 Å². The predicted molar refractivity (Wildman–Crippen MR) is 90.4 cm³/mol. The fraction of sp³-hybridized carbons (Fsp3) is 0.300. The first-order chi connectivity index (χ1) is 11.4. The largest absolute Gasteiger partial charge is 0.457 e. The predicted octanol–water partition coefficient (Wildman–Crippen LogP) is 3.81. The summed E-state index contributed by atoms with van der Waals surface area (Å²) >= 11 is 0. The molecule has 1 aliphatic carbocycles. The molecule has 0 saturated heterocycles. The topological polar surface area (TPSA) is 52.6 Å². The normalized spacial score (nSPS) is 13.6. The van der Waals surface area contributed by atoms with Gasteiger partial charge in [-0.3, -0.25) is 4.79 Å². The van der Waals surface area contributed by atoms with Gasteiger partial charge in [0.2, 0.25) is 6.10 Å². The third kappa shape index (κ3) is 3.04. The molecule has 0 fully saturated rings. The van der Waals surface area contributed by atoms with Crippen LogP contribution in [0.3, 0.4) is 0 Å². The van der Waals surface area contributed by atoms with Crippen LogP contribution in [-0.2, 0) is 25.5 Å². The van der Waals surface area contributed by atoms with Crippen molar-refractivity contribution in [1.82, 2.24) is 0 Å². The second-order valence-corrected chi connectivity index (χ2v) is 6.85. The second-order valence-electron chi connectivity index (χ2n) is 6.85. The first-order valence-corrected chi connectivity index (χ1v) is 7.93. The number of benzene rings is 2. The van der Waals surface area contributed by atoms with Crippen molar-refractivity contribution in [2.75, 3.05) is 0 Å². The molecule has 2 aromatic carbocycles. The van der Waals surface area contributed by atoms with Crippen LogP contribution in [-0.4, -0.2) is 18.0 Å². The second kappa shape index (κ2) is 6.11. The van der Waals surface area contributed by atoms with Crippen molar-refractivity contribution in [2.24, 2.45) is 0 Å². The third-order valence-corrected chi connectivity index (χ3v) is 3.98. The standard InChI is InChI=1S/C20H20O4/c1-20(2,3)24-19(22)18(23-12-21)16-10-6-9-15-14-8-5-4-7-13(14)11-17(15)16/h4-10,12,18H,11H2,1-3H3. The van der Waals surface area contributed by atoms with Crippen LogP contribution in [0.2, 0.25) is 0 Å². The molecule has 0 saturated carbocycles. The fourth-order valence-electron chi connectivity index (χ4n) is 3.09. The molecule has 0 radical (unpaired) electrons. The molecule has 1 unspecified atom stereocenters. The van der Waals surface area contributed by atoms with Gasteiger partial charge in [-0.1, -0.05) is 42.5 Å². The lowest BCUT2D eigenvalue weighted by Gasteiger charge is -2.24. The minimum absolute atomic E-state index is 0.302. The highest BCUT2D eigenvalue weighted by atomic mass is 16.6. The number of rotatable bonds is 4. The van der Waals surface area contributed by atoms with Gasteiger partial charge in [0.15, 0.2) is 0 Å². The summed E-state index contributed by atoms with van der Waals surface area (Å²) in [5, 5.41) is 0. The summed E-state index contributed by atoms with van der Waals surface area (Å²) in [6.07, 6.45) is -0.339. The smallest absolute Gasteiger partial charge is 0.352 e. The van der Waals surface area contributed by atoms with Crippen molar-refractivity contribution in [1.29, 1.82) is 0 Å². The first kappa shape index (κ1) is 16.2. The molecule has 3 rings (SSSR count). The van der Waals surface area contributed by atoms with Crippen molar-refractivity contribution < 1.29 is 19.1 Å². The molecule has 24 heavy (non-hydrogen) atoms. The molecule has 1 atom stereocenters. The van der Waals surface area contributed by atoms with Crippen LogP contribution in [0, 0.1) is 0 Å². The monoisotopic (exact) mass is 324 g/mol. The average Bonchev–Trinajstić information content (AvgIpc) is 2.90. The molecular weight excluding hydrogens is 304 g/mol. The maximum Gasteiger partial charge on any atom is 0.352 e. The van der Waals surface area contributed by atoms with E-state index < -0.39 is 17.7 Å². The number of hydrogen-bond acceptors (Lipinski definition) is 4. The number of carbonyl (C=O) groups is 2. The Bertz CT molecular complexity index is 786. The number of carbonyl (C=O) groups excluding carboxylic acids is 2. The zero-order valence-electron chi connectivity index (χ0n) is 14.0. The summed E-state index contributed by atoms with van der Waals surface area (Å²) in [5.41, 5.74) is 4.48. The van der Waals surface area contributed by atoms with Gasteiger partial charge in [-0.15, -0.1) is 0 Å². The van der Waals surface area contributed by atoms with Crippen LogP contribution in [0.15, 0.2) is 42.5 Å². The van der Waals surface area contributed by atoms with E-state index >= 15 is 0 Å². The van der Waals surface area contributed by atoms with Crippen molar-refractivity contribution >= 4 is 12.4 Å². The number of ether oxygens (including phenoxy) is 2. The number of esters is 1. The van der Waals surface area contributed by atoms with E-state index in [0.29, 0.717) is 18.5 Å². The van der Waals surface area contributed by atoms with Crippen molar-refractivity contribution in [3.8, 4) is 11.1 Å². The van der Waals surface area contributed by atoms with Gasteiger partial charge < -0.3 is 9.47 Å². The maximum atomic E-state index is 12.5. The zero-order valence-corrected chi connectivity index (χ0v) is 14.0. The van der Waals surface area contributed by atoms with E-state index in [1.807, 2.05) is 30.3 Å². The molecule has 0 aromatic heterocycles. The highest BCUT2D eigenvalue weighted by Crippen LogP contribution is 2.40. The summed E-state index contributed by atoms with van der Waals surface area (Å²) in [5.74, 6) is -0.557. The lowest BCUT2D eigenvalue weighted by atomic mass is 9.97. The quantitative estimate of drug-likeness (QED) is 0.541. The molecule has 0 bridgehead atoms. The number of hydrogen-bond donors (Lipinski definition) is 0. The summed E-state index contributed by atoms with van der Waals surface area (Å²) in [6.45, 7) is 5.66. The molecule has 1 aliphatic rings. The Labute approximate surface area is 141 Å². The molecule has 4 nitrogen and oxygen atoms in total. The van der Waals surface area contributed by atoms with E-state index in [9.17, 15) is 9.59 Å². The molecule has 124 valence electrons. The van der Waals surface area contributed by atoms with Gasteiger partial charge in [0.25, 0.3) is 6.47 Å². The van der Waals surface area contributed by atoms with Crippen molar-refractivity contribution in [2.45, 2.75) is 38.9 Å². The molecular formula is C20H20O4. The average molecular weight is 324 g/mol.